The van der Waals surface area contributed by atoms with Gasteiger partial charge in [0.25, 0.3) is 0 Å². The minimum absolute atomic E-state index is 0.0544. The van der Waals surface area contributed by atoms with Crippen LogP contribution in [-0.4, -0.2) is 23.2 Å². The zero-order chi connectivity index (χ0) is 17.9. The van der Waals surface area contributed by atoms with Gasteiger partial charge in [-0.3, -0.25) is 0 Å². The van der Waals surface area contributed by atoms with Gasteiger partial charge < -0.3 is 0 Å². The first-order chi connectivity index (χ1) is 12.0. The predicted octanol–water partition coefficient (Wildman–Crippen LogP) is 2.25. The van der Waals surface area contributed by atoms with Crippen LogP contribution in [0.5, 0.6) is 0 Å². The van der Waals surface area contributed by atoms with E-state index >= 15 is 0 Å². The summed E-state index contributed by atoms with van der Waals surface area (Å²) in [7, 11) is -3.82. The van der Waals surface area contributed by atoms with Crippen LogP contribution in [-0.2, 0) is 23.1 Å². The SMILES string of the molecule is Cc1ccc(F)cc1S(=O)(=O)NCc1ccccc1Cn1cncn1. The maximum absolute atomic E-state index is 13.4. The molecule has 0 aliphatic rings. The molecule has 0 unspecified atom stereocenters. The smallest absolute Gasteiger partial charge is 0.241 e. The van der Waals surface area contributed by atoms with Crippen molar-refractivity contribution in [2.24, 2.45) is 0 Å². The lowest BCUT2D eigenvalue weighted by Crippen LogP contribution is -2.25. The number of rotatable bonds is 6. The molecular formula is C17H17FN4O2S. The molecular weight excluding hydrogens is 343 g/mol. The van der Waals surface area contributed by atoms with Gasteiger partial charge in [0.05, 0.1) is 11.4 Å². The van der Waals surface area contributed by atoms with Crippen LogP contribution in [0.2, 0.25) is 0 Å². The third-order valence-electron chi connectivity index (χ3n) is 3.81. The van der Waals surface area contributed by atoms with Crippen LogP contribution in [0.25, 0.3) is 0 Å². The summed E-state index contributed by atoms with van der Waals surface area (Å²) in [6, 6.07) is 11.2. The molecule has 0 radical (unpaired) electrons. The highest BCUT2D eigenvalue weighted by Crippen LogP contribution is 2.17. The minimum Gasteiger partial charge on any atom is -0.249 e. The van der Waals surface area contributed by atoms with E-state index in [1.54, 1.807) is 17.9 Å². The number of benzene rings is 2. The Hall–Kier alpha value is -2.58. The molecule has 0 saturated heterocycles. The Bertz CT molecular complexity index is 972. The second-order valence-electron chi connectivity index (χ2n) is 5.60. The Labute approximate surface area is 145 Å². The molecule has 0 atom stereocenters. The molecule has 3 rings (SSSR count). The molecule has 0 saturated carbocycles. The number of nitrogens with zero attached hydrogens (tertiary/aromatic N) is 3. The van der Waals surface area contributed by atoms with Gasteiger partial charge in [0.1, 0.15) is 18.5 Å². The fourth-order valence-electron chi connectivity index (χ4n) is 2.49. The van der Waals surface area contributed by atoms with Gasteiger partial charge in [-0.1, -0.05) is 30.3 Å². The summed E-state index contributed by atoms with van der Waals surface area (Å²) in [4.78, 5) is 3.84. The van der Waals surface area contributed by atoms with Gasteiger partial charge in [-0.25, -0.2) is 27.2 Å². The van der Waals surface area contributed by atoms with E-state index in [-0.39, 0.29) is 11.4 Å². The second kappa shape index (κ2) is 7.12. The second-order valence-corrected chi connectivity index (χ2v) is 7.33. The number of aryl methyl sites for hydroxylation is 1. The molecule has 0 spiro atoms. The van der Waals surface area contributed by atoms with Crippen LogP contribution in [0.1, 0.15) is 16.7 Å². The molecule has 0 amide bonds. The van der Waals surface area contributed by atoms with Crippen LogP contribution in [0.4, 0.5) is 4.39 Å². The third-order valence-corrected chi connectivity index (χ3v) is 5.35. The average molecular weight is 360 g/mol. The lowest BCUT2D eigenvalue weighted by atomic mass is 10.1. The quantitative estimate of drug-likeness (QED) is 0.731. The summed E-state index contributed by atoms with van der Waals surface area (Å²) in [5, 5.41) is 4.06. The van der Waals surface area contributed by atoms with Crippen molar-refractivity contribution in [3.63, 3.8) is 0 Å². The first-order valence-electron chi connectivity index (χ1n) is 7.61. The summed E-state index contributed by atoms with van der Waals surface area (Å²) >= 11 is 0. The van der Waals surface area contributed by atoms with Gasteiger partial charge in [0, 0.05) is 6.54 Å². The van der Waals surface area contributed by atoms with Crippen molar-refractivity contribution >= 4 is 10.0 Å². The van der Waals surface area contributed by atoms with Crippen molar-refractivity contribution < 1.29 is 12.8 Å². The van der Waals surface area contributed by atoms with Gasteiger partial charge in [0.15, 0.2) is 0 Å². The van der Waals surface area contributed by atoms with Crippen molar-refractivity contribution in [3.05, 3.63) is 77.6 Å². The van der Waals surface area contributed by atoms with E-state index in [0.29, 0.717) is 12.1 Å². The third kappa shape index (κ3) is 4.09. The normalized spacial score (nSPS) is 11.6. The predicted molar refractivity (Wildman–Crippen MR) is 90.7 cm³/mol. The molecule has 3 aromatic rings. The summed E-state index contributed by atoms with van der Waals surface area (Å²) in [5.41, 5.74) is 2.23. The Balaban J connectivity index is 1.80. The fourth-order valence-corrected chi connectivity index (χ4v) is 3.75. The van der Waals surface area contributed by atoms with Crippen molar-refractivity contribution in [2.75, 3.05) is 0 Å². The Morgan fingerprint density at radius 2 is 1.92 bits per heavy atom. The molecule has 25 heavy (non-hydrogen) atoms. The Kier molecular flexibility index (Phi) is 4.91. The molecule has 0 aliphatic carbocycles. The zero-order valence-corrected chi connectivity index (χ0v) is 14.4. The number of aromatic nitrogens is 3. The number of halogens is 1. The molecule has 1 aromatic heterocycles. The fraction of sp³-hybridized carbons (Fsp3) is 0.176. The van der Waals surface area contributed by atoms with Crippen LogP contribution >= 0.6 is 0 Å². The van der Waals surface area contributed by atoms with Gasteiger partial charge in [-0.2, -0.15) is 5.10 Å². The average Bonchev–Trinajstić information content (AvgIpc) is 3.09. The Morgan fingerprint density at radius 3 is 2.64 bits per heavy atom. The monoisotopic (exact) mass is 360 g/mol. The van der Waals surface area contributed by atoms with Crippen LogP contribution in [0, 0.1) is 12.7 Å². The molecule has 1 heterocycles. The maximum atomic E-state index is 13.4. The van der Waals surface area contributed by atoms with E-state index in [4.69, 9.17) is 0 Å². The van der Waals surface area contributed by atoms with E-state index in [1.807, 2.05) is 24.3 Å². The molecule has 2 aromatic carbocycles. The van der Waals surface area contributed by atoms with Crippen molar-refractivity contribution in [1.82, 2.24) is 19.5 Å². The number of hydrogen-bond acceptors (Lipinski definition) is 4. The highest BCUT2D eigenvalue weighted by Gasteiger charge is 2.18. The molecule has 130 valence electrons. The number of nitrogens with one attached hydrogen (secondary N) is 1. The van der Waals surface area contributed by atoms with Gasteiger partial charge in [0.2, 0.25) is 10.0 Å². The van der Waals surface area contributed by atoms with Crippen LogP contribution in [0.3, 0.4) is 0 Å². The number of hydrogen-bond donors (Lipinski definition) is 1. The lowest BCUT2D eigenvalue weighted by Gasteiger charge is -2.12. The van der Waals surface area contributed by atoms with E-state index in [0.717, 1.165) is 17.2 Å². The number of sulfonamides is 1. The summed E-state index contributed by atoms with van der Waals surface area (Å²) in [6.45, 7) is 2.21. The van der Waals surface area contributed by atoms with E-state index in [1.165, 1.54) is 18.5 Å². The van der Waals surface area contributed by atoms with Gasteiger partial charge in [-0.05, 0) is 35.7 Å². The maximum Gasteiger partial charge on any atom is 0.241 e. The first kappa shape index (κ1) is 17.2. The highest BCUT2D eigenvalue weighted by atomic mass is 32.2. The zero-order valence-electron chi connectivity index (χ0n) is 13.6. The molecule has 6 nitrogen and oxygen atoms in total. The van der Waals surface area contributed by atoms with E-state index in [9.17, 15) is 12.8 Å². The summed E-state index contributed by atoms with van der Waals surface area (Å²) < 4.78 is 42.6. The van der Waals surface area contributed by atoms with Crippen molar-refractivity contribution in [2.45, 2.75) is 24.9 Å². The minimum atomic E-state index is -3.82. The summed E-state index contributed by atoms with van der Waals surface area (Å²) in [5.74, 6) is -0.586. The molecule has 0 fully saturated rings. The highest BCUT2D eigenvalue weighted by molar-refractivity contribution is 7.89. The lowest BCUT2D eigenvalue weighted by molar-refractivity contribution is 0.575. The molecule has 1 N–H and O–H groups in total. The van der Waals surface area contributed by atoms with E-state index in [2.05, 4.69) is 14.8 Å². The van der Waals surface area contributed by atoms with Crippen molar-refractivity contribution in [3.8, 4) is 0 Å². The summed E-state index contributed by atoms with van der Waals surface area (Å²) in [6.07, 6.45) is 3.04. The standard InChI is InChI=1S/C17H17FN4O2S/c1-13-6-7-16(18)8-17(13)25(23,24)21-9-14-4-2-3-5-15(14)10-22-12-19-11-20-22/h2-8,11-12,21H,9-10H2,1H3. The topological polar surface area (TPSA) is 76.9 Å². The van der Waals surface area contributed by atoms with E-state index < -0.39 is 15.8 Å². The van der Waals surface area contributed by atoms with Gasteiger partial charge in [-0.15, -0.1) is 0 Å². The first-order valence-corrected chi connectivity index (χ1v) is 9.09. The molecule has 8 heteroatoms. The Morgan fingerprint density at radius 1 is 1.16 bits per heavy atom. The van der Waals surface area contributed by atoms with Gasteiger partial charge >= 0.3 is 0 Å². The van der Waals surface area contributed by atoms with Crippen LogP contribution in [0.15, 0.2) is 60.0 Å². The van der Waals surface area contributed by atoms with Crippen LogP contribution < -0.4 is 4.72 Å². The van der Waals surface area contributed by atoms with Crippen molar-refractivity contribution in [1.29, 1.82) is 0 Å². The molecule has 0 bridgehead atoms. The molecule has 0 aliphatic heterocycles. The largest absolute Gasteiger partial charge is 0.249 e.